The van der Waals surface area contributed by atoms with Crippen molar-refractivity contribution in [2.24, 2.45) is 0 Å². The van der Waals surface area contributed by atoms with Crippen LogP contribution in [0, 0.1) is 0 Å². The number of fused-ring (bicyclic) bond motifs is 1. The summed E-state index contributed by atoms with van der Waals surface area (Å²) in [5, 5.41) is 5.52. The number of urea groups is 1. The van der Waals surface area contributed by atoms with Crippen molar-refractivity contribution in [2.75, 3.05) is 20.3 Å². The maximum absolute atomic E-state index is 11.9. The molecule has 0 bridgehead atoms. The molecule has 1 aliphatic heterocycles. The molecule has 7 nitrogen and oxygen atoms in total. The first-order chi connectivity index (χ1) is 12.7. The van der Waals surface area contributed by atoms with Crippen molar-refractivity contribution in [3.05, 3.63) is 59.7 Å². The molecule has 0 saturated heterocycles. The normalized spacial score (nSPS) is 15.0. The van der Waals surface area contributed by atoms with Crippen LogP contribution in [-0.2, 0) is 11.3 Å². The molecule has 1 atom stereocenters. The second-order valence-electron chi connectivity index (χ2n) is 5.75. The highest BCUT2D eigenvalue weighted by atomic mass is 16.6. The maximum atomic E-state index is 11.9. The highest BCUT2D eigenvalue weighted by Gasteiger charge is 2.20. The lowest BCUT2D eigenvalue weighted by molar-refractivity contribution is 0.0600. The molecule has 2 aromatic carbocycles. The average Bonchev–Trinajstić information content (AvgIpc) is 2.70. The topological polar surface area (TPSA) is 85.9 Å². The van der Waals surface area contributed by atoms with Crippen molar-refractivity contribution < 1.29 is 23.8 Å². The molecule has 2 N–H and O–H groups in total. The third kappa shape index (κ3) is 4.44. The molecule has 0 fully saturated rings. The van der Waals surface area contributed by atoms with Gasteiger partial charge in [-0.2, -0.15) is 0 Å². The van der Waals surface area contributed by atoms with Crippen molar-refractivity contribution in [3.8, 4) is 11.5 Å². The number of hydrogen-bond donors (Lipinski definition) is 2. The number of hydrogen-bond acceptors (Lipinski definition) is 5. The van der Waals surface area contributed by atoms with Crippen LogP contribution in [0.15, 0.2) is 48.5 Å². The number of amides is 2. The van der Waals surface area contributed by atoms with Gasteiger partial charge in [-0.3, -0.25) is 0 Å². The molecule has 2 aromatic rings. The third-order valence-corrected chi connectivity index (χ3v) is 3.89. The lowest BCUT2D eigenvalue weighted by atomic mass is 10.1. The lowest BCUT2D eigenvalue weighted by Crippen LogP contribution is -2.44. The summed E-state index contributed by atoms with van der Waals surface area (Å²) >= 11 is 0. The van der Waals surface area contributed by atoms with E-state index in [2.05, 4.69) is 15.4 Å². The average molecular weight is 356 g/mol. The Balaban J connectivity index is 1.41. The van der Waals surface area contributed by atoms with Gasteiger partial charge in [0.15, 0.2) is 17.6 Å². The second kappa shape index (κ2) is 8.24. The zero-order valence-corrected chi connectivity index (χ0v) is 14.4. The molecule has 0 spiro atoms. The molecule has 1 aliphatic rings. The number of carbonyl (C=O) groups is 2. The number of methoxy groups -OCH3 is 1. The summed E-state index contributed by atoms with van der Waals surface area (Å²) < 4.78 is 16.0. The number of carbonyl (C=O) groups excluding carboxylic acids is 2. The van der Waals surface area contributed by atoms with Crippen molar-refractivity contribution >= 4 is 12.0 Å². The van der Waals surface area contributed by atoms with Crippen molar-refractivity contribution in [1.82, 2.24) is 10.6 Å². The molecule has 0 aromatic heterocycles. The zero-order chi connectivity index (χ0) is 18.4. The van der Waals surface area contributed by atoms with Gasteiger partial charge in [-0.1, -0.05) is 24.3 Å². The molecule has 26 heavy (non-hydrogen) atoms. The van der Waals surface area contributed by atoms with Crippen LogP contribution in [0.1, 0.15) is 15.9 Å². The number of rotatable bonds is 5. The van der Waals surface area contributed by atoms with E-state index in [1.807, 2.05) is 24.3 Å². The van der Waals surface area contributed by atoms with Crippen molar-refractivity contribution in [3.63, 3.8) is 0 Å². The highest BCUT2D eigenvalue weighted by molar-refractivity contribution is 5.89. The van der Waals surface area contributed by atoms with Gasteiger partial charge in [0.1, 0.15) is 6.61 Å². The minimum atomic E-state index is -0.390. The zero-order valence-electron chi connectivity index (χ0n) is 14.4. The minimum Gasteiger partial charge on any atom is -0.486 e. The van der Waals surface area contributed by atoms with E-state index >= 15 is 0 Å². The predicted octanol–water partition coefficient (Wildman–Crippen LogP) is 2.11. The van der Waals surface area contributed by atoms with Gasteiger partial charge in [-0.05, 0) is 29.8 Å². The fourth-order valence-electron chi connectivity index (χ4n) is 2.49. The Labute approximate surface area is 151 Å². The van der Waals surface area contributed by atoms with E-state index in [4.69, 9.17) is 9.47 Å². The largest absolute Gasteiger partial charge is 0.486 e. The summed E-state index contributed by atoms with van der Waals surface area (Å²) in [5.41, 5.74) is 1.34. The van der Waals surface area contributed by atoms with E-state index in [1.54, 1.807) is 24.3 Å². The van der Waals surface area contributed by atoms with E-state index in [1.165, 1.54) is 7.11 Å². The summed E-state index contributed by atoms with van der Waals surface area (Å²) in [6, 6.07) is 14.0. The molecule has 136 valence electrons. The van der Waals surface area contributed by atoms with Crippen molar-refractivity contribution in [1.29, 1.82) is 0 Å². The molecule has 0 saturated carbocycles. The Morgan fingerprint density at radius 3 is 2.54 bits per heavy atom. The first-order valence-corrected chi connectivity index (χ1v) is 8.23. The number of para-hydroxylation sites is 2. The number of esters is 1. The smallest absolute Gasteiger partial charge is 0.337 e. The summed E-state index contributed by atoms with van der Waals surface area (Å²) in [6.07, 6.45) is -0.241. The molecule has 0 aliphatic carbocycles. The Kier molecular flexibility index (Phi) is 5.58. The number of nitrogens with one attached hydrogen (secondary N) is 2. The van der Waals surface area contributed by atoms with Crippen molar-refractivity contribution in [2.45, 2.75) is 12.6 Å². The third-order valence-electron chi connectivity index (χ3n) is 3.89. The second-order valence-corrected chi connectivity index (χ2v) is 5.75. The van der Waals surface area contributed by atoms with Crippen LogP contribution in [-0.4, -0.2) is 38.4 Å². The Morgan fingerprint density at radius 1 is 1.08 bits per heavy atom. The van der Waals surface area contributed by atoms with Crippen LogP contribution >= 0.6 is 0 Å². The summed E-state index contributed by atoms with van der Waals surface area (Å²) in [7, 11) is 1.34. The lowest BCUT2D eigenvalue weighted by Gasteiger charge is -2.26. The molecule has 1 heterocycles. The molecular weight excluding hydrogens is 336 g/mol. The van der Waals surface area contributed by atoms with E-state index in [-0.39, 0.29) is 12.1 Å². The number of benzene rings is 2. The summed E-state index contributed by atoms with van der Waals surface area (Å²) in [6.45, 7) is 1.06. The number of ether oxygens (including phenoxy) is 3. The Morgan fingerprint density at radius 2 is 1.81 bits per heavy atom. The van der Waals surface area contributed by atoms with Crippen LogP contribution < -0.4 is 20.1 Å². The van der Waals surface area contributed by atoms with Crippen LogP contribution in [0.25, 0.3) is 0 Å². The molecule has 2 amide bonds. The maximum Gasteiger partial charge on any atom is 0.337 e. The quantitative estimate of drug-likeness (QED) is 0.802. The van der Waals surface area contributed by atoms with E-state index < -0.39 is 5.97 Å². The molecule has 7 heteroatoms. The summed E-state index contributed by atoms with van der Waals surface area (Å²) in [5.74, 6) is 0.999. The Bertz CT molecular complexity index is 776. The van der Waals surface area contributed by atoms with E-state index in [9.17, 15) is 9.59 Å². The SMILES string of the molecule is COC(=O)c1ccc(CNC(=O)NC[C@H]2COc3ccccc3O2)cc1. The van der Waals surface area contributed by atoms with Gasteiger partial charge < -0.3 is 24.8 Å². The van der Waals surface area contributed by atoms with Gasteiger partial charge in [-0.15, -0.1) is 0 Å². The van der Waals surface area contributed by atoms with Crippen LogP contribution in [0.5, 0.6) is 11.5 Å². The fraction of sp³-hybridized carbons (Fsp3) is 0.263. The summed E-state index contributed by atoms with van der Waals surface area (Å²) in [4.78, 5) is 23.3. The van der Waals surface area contributed by atoms with Gasteiger partial charge in [0.25, 0.3) is 0 Å². The predicted molar refractivity (Wildman–Crippen MR) is 94.4 cm³/mol. The monoisotopic (exact) mass is 356 g/mol. The van der Waals surface area contributed by atoms with Crippen LogP contribution in [0.3, 0.4) is 0 Å². The van der Waals surface area contributed by atoms with Gasteiger partial charge in [0, 0.05) is 6.54 Å². The van der Waals surface area contributed by atoms with Gasteiger partial charge >= 0.3 is 12.0 Å². The fourth-order valence-corrected chi connectivity index (χ4v) is 2.49. The highest BCUT2D eigenvalue weighted by Crippen LogP contribution is 2.30. The van der Waals surface area contributed by atoms with Gasteiger partial charge in [0.2, 0.25) is 0 Å². The van der Waals surface area contributed by atoms with E-state index in [0.29, 0.717) is 36.8 Å². The van der Waals surface area contributed by atoms with Gasteiger partial charge in [-0.25, -0.2) is 9.59 Å². The Hall–Kier alpha value is -3.22. The molecule has 0 unspecified atom stereocenters. The standard InChI is InChI=1S/C19H20N2O5/c1-24-18(22)14-8-6-13(7-9-14)10-20-19(23)21-11-15-12-25-16-4-2-3-5-17(16)26-15/h2-9,15H,10-12H2,1H3,(H2,20,21,23)/t15-/m0/s1. The van der Waals surface area contributed by atoms with E-state index in [0.717, 1.165) is 5.56 Å². The van der Waals surface area contributed by atoms with Crippen LogP contribution in [0.4, 0.5) is 4.79 Å². The molecular formula is C19H20N2O5. The first-order valence-electron chi connectivity index (χ1n) is 8.23. The first kappa shape index (κ1) is 17.6. The van der Waals surface area contributed by atoms with Crippen LogP contribution in [0.2, 0.25) is 0 Å². The minimum absolute atomic E-state index is 0.241. The molecule has 3 rings (SSSR count). The van der Waals surface area contributed by atoms with Gasteiger partial charge in [0.05, 0.1) is 19.2 Å². The molecule has 0 radical (unpaired) electrons.